The lowest BCUT2D eigenvalue weighted by Gasteiger charge is -2.43. The first-order valence-electron chi connectivity index (χ1n) is 15.0. The molecule has 44 heavy (non-hydrogen) atoms. The van der Waals surface area contributed by atoms with Crippen LogP contribution in [0.1, 0.15) is 57.9 Å². The van der Waals surface area contributed by atoms with E-state index in [1.807, 2.05) is 13.0 Å². The lowest BCUT2D eigenvalue weighted by molar-refractivity contribution is -0.384. The van der Waals surface area contributed by atoms with E-state index in [1.165, 1.54) is 30.9 Å². The van der Waals surface area contributed by atoms with Crippen LogP contribution in [-0.4, -0.2) is 47.2 Å². The smallest absolute Gasteiger partial charge is 0.455 e. The first kappa shape index (κ1) is 32.2. The van der Waals surface area contributed by atoms with Crippen molar-refractivity contribution in [3.05, 3.63) is 72.4 Å². The highest BCUT2D eigenvalue weighted by molar-refractivity contribution is 14.1. The van der Waals surface area contributed by atoms with Crippen molar-refractivity contribution in [3.63, 3.8) is 0 Å². The third-order valence-corrected chi connectivity index (χ3v) is 9.80. The number of hydrogen-bond acceptors (Lipinski definition) is 8. The van der Waals surface area contributed by atoms with E-state index in [9.17, 15) is 29.8 Å². The highest BCUT2D eigenvalue weighted by Gasteiger charge is 2.57. The molecule has 0 bridgehead atoms. The SMILES string of the molecule is CCC/C(=C\c1cc(I)c(O)c(OC)c1)CC[C@H]1OB(O)C[C@H]2C1=C(CC)C[C@H]1C(=O)N(c3cccc([N+](=O)[O-])c3)C(=O)[C@H]12. The standard InChI is InChI=1S/C32H36BIN2O8/c1-4-7-18(12-19-13-25(34)30(37)27(14-19)43-3)10-11-26-28-20(5-2)15-23-29(24(28)17-33(40)44-26)32(39)35(31(23)38)21-8-6-9-22(16-21)36(41)42/h6,8-9,12-14,16,23-24,26,29,37,40H,4-5,7,10-11,15,17H2,1-3H3/b18-12+/t23-,24+,26-,29-/m1/s1. The fourth-order valence-electron chi connectivity index (χ4n) is 7.08. The molecule has 2 saturated heterocycles. The molecule has 2 aromatic rings. The molecule has 12 heteroatoms. The van der Waals surface area contributed by atoms with Gasteiger partial charge in [-0.25, -0.2) is 4.90 Å². The summed E-state index contributed by atoms with van der Waals surface area (Å²) in [4.78, 5) is 39.5. The van der Waals surface area contributed by atoms with Gasteiger partial charge in [-0.1, -0.05) is 43.6 Å². The highest BCUT2D eigenvalue weighted by atomic mass is 127. The van der Waals surface area contributed by atoms with E-state index < -0.39 is 30.0 Å². The molecule has 2 aliphatic heterocycles. The van der Waals surface area contributed by atoms with Gasteiger partial charge in [0.15, 0.2) is 11.5 Å². The Labute approximate surface area is 270 Å². The van der Waals surface area contributed by atoms with Crippen molar-refractivity contribution >= 4 is 59.0 Å². The molecule has 1 aliphatic carbocycles. The normalized spacial score (nSPS) is 23.6. The van der Waals surface area contributed by atoms with E-state index >= 15 is 0 Å². The molecular weight excluding hydrogens is 678 g/mol. The van der Waals surface area contributed by atoms with E-state index in [0.717, 1.165) is 34.5 Å². The molecule has 10 nitrogen and oxygen atoms in total. The minimum absolute atomic E-state index is 0.108. The number of carbonyl (C=O) groups excluding carboxylic acids is 2. The summed E-state index contributed by atoms with van der Waals surface area (Å²) in [6, 6.07) is 9.32. The maximum absolute atomic E-state index is 13.9. The van der Waals surface area contributed by atoms with Crippen LogP contribution in [0, 0.1) is 31.4 Å². The van der Waals surface area contributed by atoms with Gasteiger partial charge < -0.3 is 19.5 Å². The molecular formula is C32H36BIN2O8. The van der Waals surface area contributed by atoms with Gasteiger partial charge in [-0.15, -0.1) is 0 Å². The topological polar surface area (TPSA) is 139 Å². The van der Waals surface area contributed by atoms with Crippen LogP contribution >= 0.6 is 22.6 Å². The van der Waals surface area contributed by atoms with Gasteiger partial charge >= 0.3 is 7.12 Å². The molecule has 0 unspecified atom stereocenters. The van der Waals surface area contributed by atoms with Crippen LogP contribution in [0.4, 0.5) is 11.4 Å². The predicted octanol–water partition coefficient (Wildman–Crippen LogP) is 6.29. The van der Waals surface area contributed by atoms with Crippen LogP contribution in [0.15, 0.2) is 53.1 Å². The zero-order chi connectivity index (χ0) is 31.7. The average molecular weight is 714 g/mol. The van der Waals surface area contributed by atoms with E-state index in [4.69, 9.17) is 9.39 Å². The maximum atomic E-state index is 13.9. The molecule has 4 atom stereocenters. The van der Waals surface area contributed by atoms with Crippen LogP contribution in [0.5, 0.6) is 11.5 Å². The number of aromatic hydroxyl groups is 1. The number of carbonyl (C=O) groups is 2. The minimum atomic E-state index is -1.08. The minimum Gasteiger partial charge on any atom is -0.504 e. The van der Waals surface area contributed by atoms with Crippen molar-refractivity contribution in [1.82, 2.24) is 0 Å². The lowest BCUT2D eigenvalue weighted by Crippen LogP contribution is -2.46. The molecule has 0 aromatic heterocycles. The number of ether oxygens (including phenoxy) is 1. The summed E-state index contributed by atoms with van der Waals surface area (Å²) in [5.74, 6) is -1.83. The Kier molecular flexibility index (Phi) is 9.81. The number of fused-ring (bicyclic) bond motifs is 3. The van der Waals surface area contributed by atoms with Crippen LogP contribution in [0.3, 0.4) is 0 Å². The van der Waals surface area contributed by atoms with E-state index in [0.29, 0.717) is 35.0 Å². The summed E-state index contributed by atoms with van der Waals surface area (Å²) >= 11 is 2.08. The predicted molar refractivity (Wildman–Crippen MR) is 175 cm³/mol. The number of non-ortho nitro benzene ring substituents is 1. The Morgan fingerprint density at radius 2 is 1.98 bits per heavy atom. The second-order valence-corrected chi connectivity index (χ2v) is 12.8. The maximum Gasteiger partial charge on any atom is 0.455 e. The summed E-state index contributed by atoms with van der Waals surface area (Å²) in [7, 11) is 0.439. The number of allylic oxidation sites excluding steroid dienone is 2. The van der Waals surface area contributed by atoms with Crippen LogP contribution in [0.25, 0.3) is 6.08 Å². The first-order chi connectivity index (χ1) is 21.1. The molecule has 2 N–H and O–H groups in total. The third-order valence-electron chi connectivity index (χ3n) is 8.97. The number of nitro benzene ring substituents is 1. The monoisotopic (exact) mass is 714 g/mol. The summed E-state index contributed by atoms with van der Waals surface area (Å²) in [5, 5.41) is 32.5. The van der Waals surface area contributed by atoms with Gasteiger partial charge in [-0.05, 0) is 96.3 Å². The second kappa shape index (κ2) is 13.4. The number of amides is 2. The van der Waals surface area contributed by atoms with Crippen LogP contribution in [-0.2, 0) is 14.2 Å². The van der Waals surface area contributed by atoms with Gasteiger partial charge in [0, 0.05) is 12.1 Å². The molecule has 0 spiro atoms. The number of rotatable bonds is 10. The van der Waals surface area contributed by atoms with Gasteiger partial charge in [0.25, 0.3) is 5.69 Å². The van der Waals surface area contributed by atoms with Crippen molar-refractivity contribution in [3.8, 4) is 11.5 Å². The summed E-state index contributed by atoms with van der Waals surface area (Å²) < 4.78 is 12.2. The average Bonchev–Trinajstić information content (AvgIpc) is 3.25. The molecule has 2 aromatic carbocycles. The molecule has 2 fully saturated rings. The number of imide groups is 1. The number of nitrogens with zero attached hydrogens (tertiary/aromatic N) is 2. The van der Waals surface area contributed by atoms with Crippen molar-refractivity contribution in [2.24, 2.45) is 17.8 Å². The molecule has 3 aliphatic rings. The zero-order valence-corrected chi connectivity index (χ0v) is 27.2. The molecule has 2 heterocycles. The highest BCUT2D eigenvalue weighted by Crippen LogP contribution is 2.52. The van der Waals surface area contributed by atoms with Gasteiger partial charge in [0.1, 0.15) is 0 Å². The van der Waals surface area contributed by atoms with Gasteiger partial charge in [0.2, 0.25) is 11.8 Å². The van der Waals surface area contributed by atoms with Crippen LogP contribution < -0.4 is 9.64 Å². The van der Waals surface area contributed by atoms with Gasteiger partial charge in [-0.2, -0.15) is 0 Å². The Morgan fingerprint density at radius 1 is 1.20 bits per heavy atom. The molecule has 5 rings (SSSR count). The van der Waals surface area contributed by atoms with Gasteiger partial charge in [-0.3, -0.25) is 19.7 Å². The third kappa shape index (κ3) is 6.16. The first-order valence-corrected chi connectivity index (χ1v) is 16.1. The summed E-state index contributed by atoms with van der Waals surface area (Å²) in [6.07, 6.45) is 6.09. The zero-order valence-electron chi connectivity index (χ0n) is 25.0. The number of methoxy groups -OCH3 is 1. The fraction of sp³-hybridized carbons (Fsp3) is 0.438. The van der Waals surface area contributed by atoms with Crippen molar-refractivity contribution in [2.45, 2.75) is 64.8 Å². The Morgan fingerprint density at radius 3 is 2.66 bits per heavy atom. The summed E-state index contributed by atoms with van der Waals surface area (Å²) in [5.41, 5.74) is 4.20. The number of anilines is 1. The lowest BCUT2D eigenvalue weighted by atomic mass is 9.58. The number of phenolic OH excluding ortho intramolecular Hbond substituents is 1. The van der Waals surface area contributed by atoms with Gasteiger partial charge in [0.05, 0.1) is 39.2 Å². The van der Waals surface area contributed by atoms with E-state index in [-0.39, 0.29) is 41.2 Å². The molecule has 2 amide bonds. The Hall–Kier alpha value is -3.23. The second-order valence-electron chi connectivity index (χ2n) is 11.6. The number of phenols is 1. The number of benzene rings is 2. The van der Waals surface area contributed by atoms with Crippen molar-refractivity contribution < 1.29 is 34.0 Å². The van der Waals surface area contributed by atoms with Crippen molar-refractivity contribution in [2.75, 3.05) is 12.0 Å². The summed E-state index contributed by atoms with van der Waals surface area (Å²) in [6.45, 7) is 4.14. The number of hydrogen-bond donors (Lipinski definition) is 2. The van der Waals surface area contributed by atoms with Crippen molar-refractivity contribution in [1.29, 1.82) is 0 Å². The molecule has 0 radical (unpaired) electrons. The molecule has 232 valence electrons. The van der Waals surface area contributed by atoms with E-state index in [2.05, 4.69) is 35.6 Å². The Bertz CT molecular complexity index is 1540. The largest absolute Gasteiger partial charge is 0.504 e. The number of nitro groups is 1. The number of halogens is 1. The van der Waals surface area contributed by atoms with E-state index in [1.54, 1.807) is 12.1 Å². The quantitative estimate of drug-likeness (QED) is 0.0732. The fourth-order valence-corrected chi connectivity index (χ4v) is 7.70. The Balaban J connectivity index is 1.43. The molecule has 0 saturated carbocycles. The van der Waals surface area contributed by atoms with Crippen LogP contribution in [0.2, 0.25) is 6.32 Å².